The summed E-state index contributed by atoms with van der Waals surface area (Å²) in [7, 11) is 0. The van der Waals surface area contributed by atoms with Crippen LogP contribution >= 0.6 is 0 Å². The van der Waals surface area contributed by atoms with E-state index in [9.17, 15) is 28.6 Å². The van der Waals surface area contributed by atoms with Crippen molar-refractivity contribution >= 4 is 23.9 Å². The van der Waals surface area contributed by atoms with Crippen LogP contribution in [0.25, 0.3) is 5.41 Å². The minimum Gasteiger partial charge on any atom is -0.493 e. The second-order valence-corrected chi connectivity index (χ2v) is 13.4. The summed E-state index contributed by atoms with van der Waals surface area (Å²) >= 11 is 0. The molecule has 13 heteroatoms. The number of nitrogens with one attached hydrogen (secondary N) is 2. The van der Waals surface area contributed by atoms with Gasteiger partial charge in [-0.25, -0.2) is 18.0 Å². The van der Waals surface area contributed by atoms with Crippen LogP contribution in [0.2, 0.25) is 0 Å². The second kappa shape index (κ2) is 15.2. The minimum absolute atomic E-state index is 0.0442. The highest BCUT2D eigenvalue weighted by molar-refractivity contribution is 6.00. The number of nitrogens with zero attached hydrogens (tertiary/aromatic N) is 3. The number of halogens is 3. The zero-order valence-electron chi connectivity index (χ0n) is 27.1. The van der Waals surface area contributed by atoms with Crippen LogP contribution < -0.4 is 15.4 Å². The second-order valence-electron chi connectivity index (χ2n) is 13.4. The molecule has 10 nitrogen and oxygen atoms in total. The molecular weight excluding hydrogens is 591 g/mol. The van der Waals surface area contributed by atoms with Crippen molar-refractivity contribution in [2.75, 3.05) is 32.8 Å². The van der Waals surface area contributed by atoms with Gasteiger partial charge in [0.15, 0.2) is 0 Å². The van der Waals surface area contributed by atoms with Gasteiger partial charge in [0.05, 0.1) is 13.2 Å². The molecule has 3 rings (SSSR count). The summed E-state index contributed by atoms with van der Waals surface area (Å²) in [6.45, 7) is 11.3. The molecule has 0 saturated carbocycles. The predicted molar refractivity (Wildman–Crippen MR) is 165 cm³/mol. The third kappa shape index (κ3) is 11.1. The van der Waals surface area contributed by atoms with Crippen LogP contribution in [0.4, 0.5) is 22.8 Å². The van der Waals surface area contributed by atoms with Crippen LogP contribution in [0, 0.1) is 23.6 Å². The summed E-state index contributed by atoms with van der Waals surface area (Å²) < 4.78 is 53.8. The van der Waals surface area contributed by atoms with E-state index in [1.807, 2.05) is 0 Å². The molecule has 0 radical (unpaired) electrons. The Kier molecular flexibility index (Phi) is 12.1. The normalized spacial score (nSPS) is 18.4. The molecular formula is C32H47F3N5O5-. The third-order valence-corrected chi connectivity index (χ3v) is 8.17. The van der Waals surface area contributed by atoms with Crippen LogP contribution in [0.3, 0.4) is 0 Å². The maximum atomic E-state index is 15.2. The van der Waals surface area contributed by atoms with Gasteiger partial charge in [-0.05, 0) is 69.4 Å². The van der Waals surface area contributed by atoms with Crippen molar-refractivity contribution in [2.45, 2.75) is 91.2 Å². The molecule has 1 aromatic rings. The lowest BCUT2D eigenvalue weighted by Gasteiger charge is -2.37. The molecule has 2 aliphatic rings. The van der Waals surface area contributed by atoms with E-state index in [1.54, 1.807) is 45.6 Å². The molecule has 2 aliphatic heterocycles. The van der Waals surface area contributed by atoms with Gasteiger partial charge in [0.1, 0.15) is 23.2 Å². The molecule has 0 spiro atoms. The molecule has 0 aromatic heterocycles. The monoisotopic (exact) mass is 638 g/mol. The zero-order valence-corrected chi connectivity index (χ0v) is 27.1. The van der Waals surface area contributed by atoms with E-state index in [0.29, 0.717) is 37.3 Å². The quantitative estimate of drug-likeness (QED) is 0.256. The van der Waals surface area contributed by atoms with Gasteiger partial charge in [-0.1, -0.05) is 32.7 Å². The number of alkyl carbamates (subject to hydrolysis) is 1. The molecule has 0 aliphatic carbocycles. The fourth-order valence-electron chi connectivity index (χ4n) is 5.40. The van der Waals surface area contributed by atoms with Crippen molar-refractivity contribution in [1.82, 2.24) is 20.4 Å². The Morgan fingerprint density at radius 2 is 1.76 bits per heavy atom. The SMILES string of the molecule is CC(C)C(=[N-])NC(=O)N1CCC([C@H](C)CCOc2ccc(C[C@H](NC(=O)OC(C)(C)C)C(=O)N3CCC(F)(F)C3)c(F)c2)CC1. The molecule has 1 aromatic carbocycles. The van der Waals surface area contributed by atoms with Gasteiger partial charge in [0, 0.05) is 38.5 Å². The van der Waals surface area contributed by atoms with Gasteiger partial charge in [-0.15, -0.1) is 0 Å². The third-order valence-electron chi connectivity index (χ3n) is 8.17. The number of urea groups is 1. The molecule has 45 heavy (non-hydrogen) atoms. The Morgan fingerprint density at radius 1 is 1.09 bits per heavy atom. The number of amidine groups is 1. The van der Waals surface area contributed by atoms with Crippen molar-refractivity contribution in [1.29, 1.82) is 0 Å². The predicted octanol–water partition coefficient (Wildman–Crippen LogP) is 5.58. The molecule has 2 heterocycles. The van der Waals surface area contributed by atoms with Gasteiger partial charge in [-0.3, -0.25) is 9.59 Å². The molecule has 2 fully saturated rings. The highest BCUT2D eigenvalue weighted by Crippen LogP contribution is 2.29. The fourth-order valence-corrected chi connectivity index (χ4v) is 5.40. The lowest BCUT2D eigenvalue weighted by molar-refractivity contribution is -0.133. The van der Waals surface area contributed by atoms with E-state index in [2.05, 4.69) is 17.6 Å². The summed E-state index contributed by atoms with van der Waals surface area (Å²) in [6.07, 6.45) is 0.739. The number of carbonyl (C=O) groups is 3. The van der Waals surface area contributed by atoms with Crippen LogP contribution in [-0.2, 0) is 16.0 Å². The van der Waals surface area contributed by atoms with Gasteiger partial charge in [-0.2, -0.15) is 0 Å². The molecule has 2 atom stereocenters. The number of piperidine rings is 1. The van der Waals surface area contributed by atoms with Crippen molar-refractivity contribution in [2.24, 2.45) is 17.8 Å². The first-order chi connectivity index (χ1) is 20.9. The van der Waals surface area contributed by atoms with Crippen LogP contribution in [-0.4, -0.2) is 84.0 Å². The number of carbonyl (C=O) groups excluding carboxylic acids is 3. The van der Waals surface area contributed by atoms with Crippen LogP contribution in [0.5, 0.6) is 5.75 Å². The average molecular weight is 639 g/mol. The maximum absolute atomic E-state index is 15.2. The number of hydrogen-bond donors (Lipinski definition) is 2. The van der Waals surface area contributed by atoms with E-state index in [1.165, 1.54) is 12.1 Å². The summed E-state index contributed by atoms with van der Waals surface area (Å²) in [5.41, 5.74) is -0.739. The van der Waals surface area contributed by atoms with Crippen molar-refractivity contribution in [3.8, 4) is 5.75 Å². The number of amides is 4. The summed E-state index contributed by atoms with van der Waals surface area (Å²) in [6, 6.07) is 2.64. The van der Waals surface area contributed by atoms with Crippen molar-refractivity contribution in [3.05, 3.63) is 35.0 Å². The van der Waals surface area contributed by atoms with E-state index in [0.717, 1.165) is 24.2 Å². The first-order valence-electron chi connectivity index (χ1n) is 15.6. The highest BCUT2D eigenvalue weighted by Gasteiger charge is 2.42. The average Bonchev–Trinajstić information content (AvgIpc) is 3.31. The Morgan fingerprint density at radius 3 is 2.31 bits per heavy atom. The number of alkyl halides is 2. The Bertz CT molecular complexity index is 1210. The van der Waals surface area contributed by atoms with Gasteiger partial charge in [0.25, 0.3) is 5.92 Å². The van der Waals surface area contributed by atoms with Crippen molar-refractivity contribution in [3.63, 3.8) is 0 Å². The minimum atomic E-state index is -3.02. The van der Waals surface area contributed by atoms with Gasteiger partial charge < -0.3 is 35.3 Å². The molecule has 2 N–H and O–H groups in total. The Labute approximate surface area is 263 Å². The molecule has 2 saturated heterocycles. The lowest BCUT2D eigenvalue weighted by atomic mass is 9.84. The number of ether oxygens (including phenoxy) is 2. The number of benzene rings is 1. The first-order valence-corrected chi connectivity index (χ1v) is 15.6. The summed E-state index contributed by atoms with van der Waals surface area (Å²) in [5, 5.41) is 14.8. The van der Waals surface area contributed by atoms with Crippen LogP contribution in [0.1, 0.15) is 72.8 Å². The standard InChI is InChI=1S/C32H47F3N5O5/c1-20(2)27(36)38-29(42)39-13-9-22(10-14-39)21(3)11-16-44-24-8-7-23(25(33)18-24)17-26(37-30(43)45-31(4,5)6)28(41)40-15-12-32(34,35)19-40/h7-8,18,20-22,26H,9-17,19H2,1-6H3,(H2-,36,37,38,42,43)/q-1/t21-,26+/m1/s1. The Hall–Kier alpha value is -3.51. The first kappa shape index (κ1) is 36.0. The smallest absolute Gasteiger partial charge is 0.408 e. The molecule has 4 amide bonds. The number of likely N-dealkylation sites (tertiary alicyclic amines) is 2. The zero-order chi connectivity index (χ0) is 33.5. The summed E-state index contributed by atoms with van der Waals surface area (Å²) in [4.78, 5) is 40.6. The molecule has 0 unspecified atom stereocenters. The topological polar surface area (TPSA) is 123 Å². The summed E-state index contributed by atoms with van der Waals surface area (Å²) in [5.74, 6) is -3.60. The largest absolute Gasteiger partial charge is 0.493 e. The van der Waals surface area contributed by atoms with E-state index < -0.39 is 48.3 Å². The van der Waals surface area contributed by atoms with Crippen molar-refractivity contribution < 1.29 is 37.0 Å². The van der Waals surface area contributed by atoms with Gasteiger partial charge in [0.2, 0.25) is 11.9 Å². The molecule has 252 valence electrons. The maximum Gasteiger partial charge on any atom is 0.408 e. The highest BCUT2D eigenvalue weighted by atomic mass is 19.3. The number of hydrogen-bond acceptors (Lipinski definition) is 5. The molecule has 0 bridgehead atoms. The lowest BCUT2D eigenvalue weighted by Crippen LogP contribution is -2.50. The van der Waals surface area contributed by atoms with E-state index in [4.69, 9.17) is 9.47 Å². The van der Waals surface area contributed by atoms with Crippen LogP contribution in [0.15, 0.2) is 18.2 Å². The Balaban J connectivity index is 1.53. The number of rotatable bonds is 10. The van der Waals surface area contributed by atoms with Gasteiger partial charge >= 0.3 is 6.09 Å². The fraction of sp³-hybridized carbons (Fsp3) is 0.688. The van der Waals surface area contributed by atoms with E-state index in [-0.39, 0.29) is 36.3 Å². The van der Waals surface area contributed by atoms with E-state index >= 15 is 4.39 Å².